The molecule has 29 heavy (non-hydrogen) atoms. The Morgan fingerprint density at radius 3 is 2.34 bits per heavy atom. The highest BCUT2D eigenvalue weighted by atomic mass is 35.5. The van der Waals surface area contributed by atoms with Crippen molar-refractivity contribution in [3.05, 3.63) is 39.9 Å². The molecule has 0 bridgehead atoms. The topological polar surface area (TPSA) is 79.5 Å². The van der Waals surface area contributed by atoms with Crippen molar-refractivity contribution in [1.29, 1.82) is 0 Å². The molecule has 1 heterocycles. The van der Waals surface area contributed by atoms with Gasteiger partial charge in [-0.2, -0.15) is 0 Å². The molecule has 0 saturated carbocycles. The molecule has 1 aromatic carbocycles. The van der Waals surface area contributed by atoms with Crippen molar-refractivity contribution in [3.63, 3.8) is 0 Å². The largest absolute Gasteiger partial charge is 0.482 e. The fraction of sp³-hybridized carbons (Fsp3) is 0.500. The van der Waals surface area contributed by atoms with Crippen LogP contribution in [0.15, 0.2) is 29.8 Å². The Hall–Kier alpha value is -1.47. The lowest BCUT2D eigenvalue weighted by atomic mass is 9.96. The van der Waals surface area contributed by atoms with E-state index in [1.165, 1.54) is 0 Å². The number of nitrogens with one attached hydrogen (secondary N) is 3. The Labute approximate surface area is 188 Å². The lowest BCUT2D eigenvalue weighted by Gasteiger charge is -2.27. The van der Waals surface area contributed by atoms with Crippen molar-refractivity contribution in [2.45, 2.75) is 45.2 Å². The molecule has 0 aliphatic carbocycles. The van der Waals surface area contributed by atoms with Gasteiger partial charge in [0, 0.05) is 34.8 Å². The second-order valence-corrected chi connectivity index (χ2v) is 8.70. The van der Waals surface area contributed by atoms with E-state index >= 15 is 0 Å². The highest BCUT2D eigenvalue weighted by molar-refractivity contribution is 6.35. The Kier molecular flexibility index (Phi) is 9.28. The third-order valence-corrected chi connectivity index (χ3v) is 4.80. The van der Waals surface area contributed by atoms with Gasteiger partial charge in [-0.25, -0.2) is 0 Å². The lowest BCUT2D eigenvalue weighted by Crippen LogP contribution is -2.47. The molecule has 9 heteroatoms. The van der Waals surface area contributed by atoms with E-state index < -0.39 is 0 Å². The zero-order valence-electron chi connectivity index (χ0n) is 17.0. The predicted molar refractivity (Wildman–Crippen MR) is 119 cm³/mol. The minimum atomic E-state index is -0.373. The van der Waals surface area contributed by atoms with Crippen molar-refractivity contribution < 1.29 is 14.3 Å². The van der Waals surface area contributed by atoms with E-state index in [4.69, 9.17) is 27.9 Å². The summed E-state index contributed by atoms with van der Waals surface area (Å²) in [5.74, 6) is 0.0514. The molecule has 0 fully saturated rings. The van der Waals surface area contributed by atoms with E-state index in [9.17, 15) is 9.59 Å². The van der Waals surface area contributed by atoms with Crippen LogP contribution in [-0.2, 0) is 9.59 Å². The second kappa shape index (κ2) is 10.5. The Morgan fingerprint density at radius 2 is 1.76 bits per heavy atom. The number of carbonyl (C=O) groups excluding carboxylic acids is 2. The van der Waals surface area contributed by atoms with Gasteiger partial charge in [0.1, 0.15) is 5.75 Å². The van der Waals surface area contributed by atoms with Crippen molar-refractivity contribution in [2.75, 3.05) is 19.7 Å². The number of hydrogen-bond donors (Lipinski definition) is 3. The Balaban J connectivity index is 0.00000420. The van der Waals surface area contributed by atoms with Gasteiger partial charge >= 0.3 is 0 Å². The molecule has 1 aromatic rings. The summed E-state index contributed by atoms with van der Waals surface area (Å²) in [4.78, 5) is 24.3. The normalized spacial score (nSPS) is 16.4. The second-order valence-electron chi connectivity index (χ2n) is 7.85. The van der Waals surface area contributed by atoms with Crippen LogP contribution in [-0.4, -0.2) is 42.6 Å². The van der Waals surface area contributed by atoms with Gasteiger partial charge in [-0.05, 0) is 52.3 Å². The van der Waals surface area contributed by atoms with E-state index in [1.54, 1.807) is 18.2 Å². The Morgan fingerprint density at radius 1 is 1.10 bits per heavy atom. The van der Waals surface area contributed by atoms with Crippen LogP contribution in [0.4, 0.5) is 0 Å². The monoisotopic (exact) mass is 463 g/mol. The number of ether oxygens (including phenoxy) is 1. The van der Waals surface area contributed by atoms with Crippen LogP contribution in [0.1, 0.15) is 34.1 Å². The number of benzene rings is 1. The van der Waals surface area contributed by atoms with E-state index in [0.29, 0.717) is 35.3 Å². The van der Waals surface area contributed by atoms with Crippen molar-refractivity contribution in [3.8, 4) is 5.75 Å². The maximum atomic E-state index is 12.4. The van der Waals surface area contributed by atoms with Crippen LogP contribution in [0.25, 0.3) is 0 Å². The molecule has 0 unspecified atom stereocenters. The van der Waals surface area contributed by atoms with Gasteiger partial charge < -0.3 is 15.4 Å². The average Bonchev–Trinajstić information content (AvgIpc) is 2.81. The number of carbonyl (C=O) groups is 2. The number of hydrogen-bond acceptors (Lipinski definition) is 4. The van der Waals surface area contributed by atoms with E-state index in [2.05, 4.69) is 16.0 Å². The van der Waals surface area contributed by atoms with Crippen molar-refractivity contribution in [1.82, 2.24) is 16.0 Å². The summed E-state index contributed by atoms with van der Waals surface area (Å²) in [5.41, 5.74) is 0.147. The van der Waals surface area contributed by atoms with Crippen LogP contribution in [0.2, 0.25) is 10.0 Å². The van der Waals surface area contributed by atoms with Crippen LogP contribution in [0, 0.1) is 0 Å². The molecule has 2 amide bonds. The molecule has 2 rings (SSSR count). The quantitative estimate of drug-likeness (QED) is 0.514. The third kappa shape index (κ3) is 7.70. The zero-order valence-corrected chi connectivity index (χ0v) is 19.4. The number of halogens is 3. The highest BCUT2D eigenvalue weighted by Crippen LogP contribution is 2.29. The smallest absolute Gasteiger partial charge is 0.257 e. The summed E-state index contributed by atoms with van der Waals surface area (Å²) in [5, 5.41) is 9.91. The molecule has 0 aromatic heterocycles. The van der Waals surface area contributed by atoms with Gasteiger partial charge in [0.15, 0.2) is 6.61 Å². The maximum Gasteiger partial charge on any atom is 0.257 e. The summed E-state index contributed by atoms with van der Waals surface area (Å²) < 4.78 is 5.37. The van der Waals surface area contributed by atoms with Crippen molar-refractivity contribution in [2.24, 2.45) is 0 Å². The molecule has 0 saturated heterocycles. The van der Waals surface area contributed by atoms with Gasteiger partial charge in [-0.3, -0.25) is 14.9 Å². The molecule has 0 radical (unpaired) electrons. The number of amides is 2. The number of rotatable bonds is 8. The summed E-state index contributed by atoms with van der Waals surface area (Å²) >= 11 is 11.8. The fourth-order valence-corrected chi connectivity index (χ4v) is 3.66. The van der Waals surface area contributed by atoms with Crippen molar-refractivity contribution >= 4 is 47.4 Å². The summed E-state index contributed by atoms with van der Waals surface area (Å²) in [7, 11) is 0. The van der Waals surface area contributed by atoms with Crippen LogP contribution < -0.4 is 20.7 Å². The standard InChI is InChI=1S/C20H27Cl2N3O3.ClH/c1-19(2)11-14(20(3,4)25-19)18(27)24-9-5-8-23-17(26)12-28-16-7-6-13(21)10-15(16)22;/h6-7,10-11,25H,5,8-9,12H2,1-4H3,(H,23,26)(H,24,27);1H. The molecule has 162 valence electrons. The molecular formula is C20H28Cl3N3O3. The first-order chi connectivity index (χ1) is 13.0. The van der Waals surface area contributed by atoms with Gasteiger partial charge in [0.05, 0.1) is 5.02 Å². The van der Waals surface area contributed by atoms with E-state index in [0.717, 1.165) is 5.57 Å². The maximum absolute atomic E-state index is 12.4. The SMILES string of the molecule is CC1(C)C=C(C(=O)NCCCNC(=O)COc2ccc(Cl)cc2Cl)C(C)(C)N1.Cl. The fourth-order valence-electron chi connectivity index (χ4n) is 3.20. The molecule has 0 spiro atoms. The minimum Gasteiger partial charge on any atom is -0.482 e. The first-order valence-corrected chi connectivity index (χ1v) is 9.91. The molecular weight excluding hydrogens is 437 g/mol. The van der Waals surface area contributed by atoms with Crippen LogP contribution in [0.5, 0.6) is 5.75 Å². The Bertz CT molecular complexity index is 779. The van der Waals surface area contributed by atoms with E-state index in [1.807, 2.05) is 33.8 Å². The molecule has 1 aliphatic rings. The summed E-state index contributed by atoms with van der Waals surface area (Å²) in [6.45, 7) is 8.80. The molecule has 3 N–H and O–H groups in total. The summed E-state index contributed by atoms with van der Waals surface area (Å²) in [6.07, 6.45) is 2.58. The van der Waals surface area contributed by atoms with E-state index in [-0.39, 0.29) is 41.9 Å². The zero-order chi connectivity index (χ0) is 20.9. The van der Waals surface area contributed by atoms with Crippen LogP contribution in [0.3, 0.4) is 0 Å². The van der Waals surface area contributed by atoms with Gasteiger partial charge in [-0.15, -0.1) is 12.4 Å². The first-order valence-electron chi connectivity index (χ1n) is 9.16. The minimum absolute atomic E-state index is 0. The molecule has 6 nitrogen and oxygen atoms in total. The van der Waals surface area contributed by atoms with Gasteiger partial charge in [0.2, 0.25) is 5.91 Å². The van der Waals surface area contributed by atoms with Gasteiger partial charge in [-0.1, -0.05) is 29.3 Å². The lowest BCUT2D eigenvalue weighted by molar-refractivity contribution is -0.123. The first kappa shape index (κ1) is 25.6. The molecule has 0 atom stereocenters. The third-order valence-electron chi connectivity index (χ3n) is 4.27. The highest BCUT2D eigenvalue weighted by Gasteiger charge is 2.39. The molecule has 1 aliphatic heterocycles. The van der Waals surface area contributed by atoms with Crippen LogP contribution >= 0.6 is 35.6 Å². The summed E-state index contributed by atoms with van der Waals surface area (Å²) in [6, 6.07) is 4.81. The predicted octanol–water partition coefficient (Wildman–Crippen LogP) is 3.50. The van der Waals surface area contributed by atoms with Gasteiger partial charge in [0.25, 0.3) is 5.91 Å². The average molecular weight is 465 g/mol.